The molecule has 114 valence electrons. The van der Waals surface area contributed by atoms with Crippen LogP contribution >= 0.6 is 0 Å². The maximum absolute atomic E-state index is 9.31. The van der Waals surface area contributed by atoms with E-state index < -0.39 is 7.12 Å². The fourth-order valence-electron chi connectivity index (χ4n) is 1.74. The van der Waals surface area contributed by atoms with Crippen molar-refractivity contribution < 1.29 is 19.5 Å². The molecule has 0 saturated heterocycles. The molecule has 0 radical (unpaired) electrons. The maximum atomic E-state index is 9.31. The highest BCUT2D eigenvalue weighted by atomic mass is 16.5. The lowest BCUT2D eigenvalue weighted by Gasteiger charge is -2.12. The van der Waals surface area contributed by atoms with Crippen LogP contribution in [0.5, 0.6) is 11.5 Å². The standard InChI is InChI=1S/C16H23BO4/c1-3-5-7-9-20-15-11-14(17(18)19)12-16(13-15)21-10-8-6-4-2/h3-4,11-13,18-19H,1-2,5-10H2. The molecule has 21 heavy (non-hydrogen) atoms. The first-order valence-electron chi connectivity index (χ1n) is 7.16. The maximum Gasteiger partial charge on any atom is 0.488 e. The average Bonchev–Trinajstić information content (AvgIpc) is 2.48. The van der Waals surface area contributed by atoms with Gasteiger partial charge in [-0.05, 0) is 43.3 Å². The third-order valence-electron chi connectivity index (χ3n) is 2.84. The van der Waals surface area contributed by atoms with Gasteiger partial charge >= 0.3 is 7.12 Å². The summed E-state index contributed by atoms with van der Waals surface area (Å²) >= 11 is 0. The summed E-state index contributed by atoms with van der Waals surface area (Å²) in [5.74, 6) is 1.15. The summed E-state index contributed by atoms with van der Waals surface area (Å²) in [4.78, 5) is 0. The normalized spacial score (nSPS) is 10.0. The molecule has 0 spiro atoms. The first-order chi connectivity index (χ1) is 10.2. The smallest absolute Gasteiger partial charge is 0.488 e. The van der Waals surface area contributed by atoms with E-state index in [2.05, 4.69) is 13.2 Å². The van der Waals surface area contributed by atoms with Gasteiger partial charge in [0.2, 0.25) is 0 Å². The largest absolute Gasteiger partial charge is 0.493 e. The summed E-state index contributed by atoms with van der Waals surface area (Å²) in [5, 5.41) is 18.6. The van der Waals surface area contributed by atoms with Gasteiger partial charge in [0.05, 0.1) is 13.2 Å². The highest BCUT2D eigenvalue weighted by Crippen LogP contribution is 2.19. The molecule has 0 aliphatic heterocycles. The molecule has 0 saturated carbocycles. The van der Waals surface area contributed by atoms with E-state index in [1.807, 2.05) is 12.2 Å². The summed E-state index contributed by atoms with van der Waals surface area (Å²) in [6.07, 6.45) is 7.17. The zero-order valence-electron chi connectivity index (χ0n) is 12.3. The average molecular weight is 290 g/mol. The Hall–Kier alpha value is -1.72. The molecule has 0 unspecified atom stereocenters. The molecule has 1 aromatic carbocycles. The minimum atomic E-state index is -1.54. The molecule has 1 aromatic rings. The highest BCUT2D eigenvalue weighted by Gasteiger charge is 2.14. The van der Waals surface area contributed by atoms with Gasteiger partial charge in [0.25, 0.3) is 0 Å². The van der Waals surface area contributed by atoms with E-state index in [1.54, 1.807) is 18.2 Å². The van der Waals surface area contributed by atoms with Crippen molar-refractivity contribution in [2.75, 3.05) is 13.2 Å². The Morgan fingerprint density at radius 1 is 0.905 bits per heavy atom. The third kappa shape index (κ3) is 7.02. The fraction of sp³-hybridized carbons (Fsp3) is 0.375. The van der Waals surface area contributed by atoms with Crippen molar-refractivity contribution in [3.8, 4) is 11.5 Å². The molecule has 0 fully saturated rings. The van der Waals surface area contributed by atoms with Gasteiger partial charge in [-0.15, -0.1) is 13.2 Å². The lowest BCUT2D eigenvalue weighted by molar-refractivity contribution is 0.297. The predicted molar refractivity (Wildman–Crippen MR) is 86.1 cm³/mol. The van der Waals surface area contributed by atoms with Crippen LogP contribution in [0.25, 0.3) is 0 Å². The van der Waals surface area contributed by atoms with Gasteiger partial charge in [-0.25, -0.2) is 0 Å². The molecule has 0 amide bonds. The first kappa shape index (κ1) is 17.3. The topological polar surface area (TPSA) is 58.9 Å². The molecule has 1 rings (SSSR count). The van der Waals surface area contributed by atoms with Gasteiger partial charge < -0.3 is 19.5 Å². The minimum Gasteiger partial charge on any atom is -0.493 e. The van der Waals surface area contributed by atoms with Crippen molar-refractivity contribution in [1.29, 1.82) is 0 Å². The number of hydrogen-bond acceptors (Lipinski definition) is 4. The number of rotatable bonds is 11. The quantitative estimate of drug-likeness (QED) is 0.372. The monoisotopic (exact) mass is 290 g/mol. The van der Waals surface area contributed by atoms with Crippen molar-refractivity contribution in [2.24, 2.45) is 0 Å². The number of ether oxygens (including phenoxy) is 2. The Balaban J connectivity index is 2.65. The van der Waals surface area contributed by atoms with Crippen LogP contribution in [-0.4, -0.2) is 30.4 Å². The first-order valence-corrected chi connectivity index (χ1v) is 7.16. The van der Waals surface area contributed by atoms with E-state index >= 15 is 0 Å². The molecule has 0 atom stereocenters. The van der Waals surface area contributed by atoms with Crippen LogP contribution in [0.3, 0.4) is 0 Å². The van der Waals surface area contributed by atoms with Crippen LogP contribution in [0.2, 0.25) is 0 Å². The Bertz CT molecular complexity index is 412. The van der Waals surface area contributed by atoms with Gasteiger partial charge in [0, 0.05) is 6.07 Å². The molecule has 4 nitrogen and oxygen atoms in total. The summed E-state index contributed by atoms with van der Waals surface area (Å²) < 4.78 is 11.2. The number of allylic oxidation sites excluding steroid dienone is 2. The lowest BCUT2D eigenvalue weighted by Crippen LogP contribution is -2.30. The van der Waals surface area contributed by atoms with E-state index in [9.17, 15) is 10.0 Å². The molecule has 2 N–H and O–H groups in total. The molecule has 0 aliphatic rings. The second-order valence-corrected chi connectivity index (χ2v) is 4.67. The zero-order valence-corrected chi connectivity index (χ0v) is 12.3. The van der Waals surface area contributed by atoms with Gasteiger partial charge in [-0.3, -0.25) is 0 Å². The molecular formula is C16H23BO4. The van der Waals surface area contributed by atoms with Crippen molar-refractivity contribution >= 4 is 12.6 Å². The van der Waals surface area contributed by atoms with Crippen molar-refractivity contribution in [3.05, 3.63) is 43.5 Å². The van der Waals surface area contributed by atoms with Gasteiger partial charge in [-0.1, -0.05) is 12.2 Å². The van der Waals surface area contributed by atoms with Gasteiger partial charge in [0.15, 0.2) is 0 Å². The van der Waals surface area contributed by atoms with Crippen LogP contribution < -0.4 is 14.9 Å². The van der Waals surface area contributed by atoms with E-state index in [0.29, 0.717) is 30.2 Å². The zero-order chi connectivity index (χ0) is 15.5. The Morgan fingerprint density at radius 3 is 1.76 bits per heavy atom. The Kier molecular flexibility index (Phi) is 8.32. The van der Waals surface area contributed by atoms with Crippen LogP contribution in [0.1, 0.15) is 25.7 Å². The summed E-state index contributed by atoms with van der Waals surface area (Å²) in [7, 11) is -1.54. The summed E-state index contributed by atoms with van der Waals surface area (Å²) in [6, 6.07) is 4.97. The minimum absolute atomic E-state index is 0.356. The molecular weight excluding hydrogens is 267 g/mol. The molecule has 0 heterocycles. The number of benzene rings is 1. The van der Waals surface area contributed by atoms with E-state index in [4.69, 9.17) is 9.47 Å². The second-order valence-electron chi connectivity index (χ2n) is 4.67. The SMILES string of the molecule is C=CCCCOc1cc(OCCCC=C)cc(B(O)O)c1. The van der Waals surface area contributed by atoms with E-state index in [1.165, 1.54) is 0 Å². The third-order valence-corrected chi connectivity index (χ3v) is 2.84. The van der Waals surface area contributed by atoms with Crippen LogP contribution in [0.15, 0.2) is 43.5 Å². The van der Waals surface area contributed by atoms with E-state index in [-0.39, 0.29) is 0 Å². The summed E-state index contributed by atoms with van der Waals surface area (Å²) in [5.41, 5.74) is 0.356. The van der Waals surface area contributed by atoms with Crippen LogP contribution in [-0.2, 0) is 0 Å². The predicted octanol–water partition coefficient (Wildman–Crippen LogP) is 2.06. The molecule has 5 heteroatoms. The van der Waals surface area contributed by atoms with Crippen LogP contribution in [0.4, 0.5) is 0 Å². The Morgan fingerprint density at radius 2 is 1.38 bits per heavy atom. The summed E-state index contributed by atoms with van der Waals surface area (Å²) in [6.45, 7) is 8.41. The number of hydrogen-bond donors (Lipinski definition) is 2. The Labute approximate surface area is 126 Å². The molecule has 0 bridgehead atoms. The van der Waals surface area contributed by atoms with Crippen LogP contribution in [0, 0.1) is 0 Å². The molecule has 0 aliphatic carbocycles. The second kappa shape index (κ2) is 10.1. The highest BCUT2D eigenvalue weighted by molar-refractivity contribution is 6.58. The van der Waals surface area contributed by atoms with Gasteiger partial charge in [0.1, 0.15) is 11.5 Å². The number of unbranched alkanes of at least 4 members (excludes halogenated alkanes) is 2. The van der Waals surface area contributed by atoms with Crippen molar-refractivity contribution in [1.82, 2.24) is 0 Å². The molecule has 0 aromatic heterocycles. The van der Waals surface area contributed by atoms with Crippen molar-refractivity contribution in [2.45, 2.75) is 25.7 Å². The lowest BCUT2D eigenvalue weighted by atomic mass is 9.80. The van der Waals surface area contributed by atoms with Gasteiger partial charge in [-0.2, -0.15) is 0 Å². The fourth-order valence-corrected chi connectivity index (χ4v) is 1.74. The van der Waals surface area contributed by atoms with E-state index in [0.717, 1.165) is 25.7 Å². The van der Waals surface area contributed by atoms with Crippen molar-refractivity contribution in [3.63, 3.8) is 0 Å².